The van der Waals surface area contributed by atoms with Crippen LogP contribution in [0.4, 0.5) is 5.82 Å². The molecule has 0 saturated heterocycles. The summed E-state index contributed by atoms with van der Waals surface area (Å²) < 4.78 is 1.21. The van der Waals surface area contributed by atoms with E-state index in [1.807, 2.05) is 12.1 Å². The summed E-state index contributed by atoms with van der Waals surface area (Å²) >= 11 is 0. The molecule has 0 aliphatic heterocycles. The van der Waals surface area contributed by atoms with E-state index in [0.717, 1.165) is 11.1 Å². The zero-order valence-electron chi connectivity index (χ0n) is 10.9. The monoisotopic (exact) mass is 267 g/mol. The Morgan fingerprint density at radius 2 is 2.00 bits per heavy atom. The number of rotatable bonds is 2. The molecule has 2 aromatic heterocycles. The van der Waals surface area contributed by atoms with Gasteiger partial charge in [-0.3, -0.25) is 9.89 Å². The molecule has 6 heteroatoms. The van der Waals surface area contributed by atoms with Crippen LogP contribution in [0.15, 0.2) is 42.7 Å². The first-order valence-electron chi connectivity index (χ1n) is 6.11. The predicted octanol–water partition coefficient (Wildman–Crippen LogP) is 1.85. The van der Waals surface area contributed by atoms with Crippen LogP contribution >= 0.6 is 0 Å². The molecule has 100 valence electrons. The van der Waals surface area contributed by atoms with E-state index < -0.39 is 0 Å². The molecule has 0 saturated carbocycles. The van der Waals surface area contributed by atoms with Gasteiger partial charge in [0, 0.05) is 23.4 Å². The topological polar surface area (TPSA) is 89.6 Å². The Hall–Kier alpha value is -2.89. The molecule has 0 fully saturated rings. The number of carbonyl (C=O) groups is 1. The van der Waals surface area contributed by atoms with Crippen LogP contribution < -0.4 is 5.73 Å². The molecular formula is C14H13N5O. The van der Waals surface area contributed by atoms with Crippen molar-refractivity contribution in [3.8, 4) is 11.1 Å². The highest BCUT2D eigenvalue weighted by Crippen LogP contribution is 2.19. The zero-order valence-corrected chi connectivity index (χ0v) is 10.9. The van der Waals surface area contributed by atoms with Crippen molar-refractivity contribution in [1.29, 1.82) is 0 Å². The molecule has 0 amide bonds. The molecule has 0 aliphatic rings. The van der Waals surface area contributed by atoms with Crippen LogP contribution in [0.25, 0.3) is 11.1 Å². The lowest BCUT2D eigenvalue weighted by atomic mass is 10.1. The van der Waals surface area contributed by atoms with Crippen LogP contribution in [0.1, 0.15) is 16.1 Å². The minimum Gasteiger partial charge on any atom is -0.383 e. The number of nitrogens with zero attached hydrogens (tertiary/aromatic N) is 3. The van der Waals surface area contributed by atoms with Crippen molar-refractivity contribution in [3.63, 3.8) is 0 Å². The highest BCUT2D eigenvalue weighted by molar-refractivity contribution is 5.97. The number of nitrogen functional groups attached to an aromatic ring is 1. The van der Waals surface area contributed by atoms with Crippen molar-refractivity contribution in [2.75, 3.05) is 5.73 Å². The molecular weight excluding hydrogens is 254 g/mol. The summed E-state index contributed by atoms with van der Waals surface area (Å²) in [5, 5.41) is 10.7. The Labute approximate surface area is 115 Å². The molecule has 20 heavy (non-hydrogen) atoms. The van der Waals surface area contributed by atoms with Gasteiger partial charge in [0.2, 0.25) is 0 Å². The Bertz CT molecular complexity index is 740. The predicted molar refractivity (Wildman–Crippen MR) is 75.1 cm³/mol. The molecule has 3 N–H and O–H groups in total. The first-order chi connectivity index (χ1) is 9.65. The zero-order chi connectivity index (χ0) is 14.1. The number of hydrogen-bond donors (Lipinski definition) is 2. The van der Waals surface area contributed by atoms with Crippen molar-refractivity contribution in [1.82, 2.24) is 20.0 Å². The Morgan fingerprint density at radius 1 is 1.25 bits per heavy atom. The van der Waals surface area contributed by atoms with Gasteiger partial charge in [-0.05, 0) is 24.6 Å². The molecule has 0 spiro atoms. The first kappa shape index (κ1) is 12.2. The van der Waals surface area contributed by atoms with Crippen molar-refractivity contribution >= 4 is 11.7 Å². The summed E-state index contributed by atoms with van der Waals surface area (Å²) in [7, 11) is 0. The molecule has 0 unspecified atom stereocenters. The standard InChI is InChI=1S/C14H13N5O/c1-9-6-13(15)19(18-9)14(20)11-4-2-10(3-5-11)12-7-16-17-8-12/h2-8H,15H2,1H3,(H,16,17). The largest absolute Gasteiger partial charge is 0.383 e. The number of benzene rings is 1. The number of nitrogens with two attached hydrogens (primary N) is 1. The number of H-pyrrole nitrogens is 1. The van der Waals surface area contributed by atoms with Gasteiger partial charge in [-0.15, -0.1) is 0 Å². The van der Waals surface area contributed by atoms with E-state index in [1.54, 1.807) is 37.5 Å². The summed E-state index contributed by atoms with van der Waals surface area (Å²) in [5.74, 6) is 0.0979. The Kier molecular flexibility index (Phi) is 2.83. The fourth-order valence-electron chi connectivity index (χ4n) is 2.02. The SMILES string of the molecule is Cc1cc(N)n(C(=O)c2ccc(-c3cn[nH]c3)cc2)n1. The fraction of sp³-hybridized carbons (Fsp3) is 0.0714. The van der Waals surface area contributed by atoms with Gasteiger partial charge in [0.15, 0.2) is 0 Å². The van der Waals surface area contributed by atoms with Gasteiger partial charge in [-0.1, -0.05) is 12.1 Å². The summed E-state index contributed by atoms with van der Waals surface area (Å²) in [6, 6.07) is 8.90. The van der Waals surface area contributed by atoms with E-state index in [-0.39, 0.29) is 5.91 Å². The minimum atomic E-state index is -0.241. The number of nitrogens with one attached hydrogen (secondary N) is 1. The van der Waals surface area contributed by atoms with Gasteiger partial charge >= 0.3 is 0 Å². The van der Waals surface area contributed by atoms with Gasteiger partial charge < -0.3 is 5.73 Å². The van der Waals surface area contributed by atoms with E-state index in [1.165, 1.54) is 4.68 Å². The second kappa shape index (κ2) is 4.65. The van der Waals surface area contributed by atoms with E-state index in [2.05, 4.69) is 15.3 Å². The number of aromatic nitrogens is 4. The number of carbonyl (C=O) groups excluding carboxylic acids is 1. The summed E-state index contributed by atoms with van der Waals surface area (Å²) in [6.45, 7) is 1.79. The summed E-state index contributed by atoms with van der Waals surface area (Å²) in [4.78, 5) is 12.3. The molecule has 0 radical (unpaired) electrons. The molecule has 6 nitrogen and oxygen atoms in total. The highest BCUT2D eigenvalue weighted by atomic mass is 16.2. The molecule has 0 bridgehead atoms. The quantitative estimate of drug-likeness (QED) is 0.741. The fourth-order valence-corrected chi connectivity index (χ4v) is 2.02. The Morgan fingerprint density at radius 3 is 2.55 bits per heavy atom. The molecule has 2 heterocycles. The maximum atomic E-state index is 12.3. The lowest BCUT2D eigenvalue weighted by molar-refractivity contribution is 0.0947. The number of anilines is 1. The van der Waals surface area contributed by atoms with Gasteiger partial charge in [0.1, 0.15) is 5.82 Å². The number of hydrogen-bond acceptors (Lipinski definition) is 4. The van der Waals surface area contributed by atoms with Crippen LogP contribution in [0.3, 0.4) is 0 Å². The van der Waals surface area contributed by atoms with Crippen LogP contribution in [-0.4, -0.2) is 25.9 Å². The molecule has 3 aromatic rings. The van der Waals surface area contributed by atoms with Crippen molar-refractivity contribution in [3.05, 3.63) is 54.0 Å². The summed E-state index contributed by atoms with van der Waals surface area (Å²) in [6.07, 6.45) is 3.53. The number of aromatic amines is 1. The van der Waals surface area contributed by atoms with Crippen LogP contribution in [0, 0.1) is 6.92 Å². The average Bonchev–Trinajstić information content (AvgIpc) is 3.08. The van der Waals surface area contributed by atoms with Crippen molar-refractivity contribution in [2.45, 2.75) is 6.92 Å². The van der Waals surface area contributed by atoms with Gasteiger partial charge in [-0.2, -0.15) is 14.9 Å². The number of aryl methyl sites for hydroxylation is 1. The van der Waals surface area contributed by atoms with E-state index in [9.17, 15) is 4.79 Å². The van der Waals surface area contributed by atoms with Crippen LogP contribution in [0.5, 0.6) is 0 Å². The highest BCUT2D eigenvalue weighted by Gasteiger charge is 2.13. The summed E-state index contributed by atoms with van der Waals surface area (Å²) in [5.41, 5.74) is 8.96. The lowest BCUT2D eigenvalue weighted by Gasteiger charge is -2.04. The second-order valence-corrected chi connectivity index (χ2v) is 4.49. The van der Waals surface area contributed by atoms with E-state index in [0.29, 0.717) is 17.1 Å². The smallest absolute Gasteiger partial charge is 0.280 e. The normalized spacial score (nSPS) is 10.7. The van der Waals surface area contributed by atoms with Crippen molar-refractivity contribution < 1.29 is 4.79 Å². The van der Waals surface area contributed by atoms with Gasteiger partial charge in [0.05, 0.1) is 11.9 Å². The van der Waals surface area contributed by atoms with E-state index in [4.69, 9.17) is 5.73 Å². The van der Waals surface area contributed by atoms with E-state index >= 15 is 0 Å². The van der Waals surface area contributed by atoms with Crippen molar-refractivity contribution in [2.24, 2.45) is 0 Å². The average molecular weight is 267 g/mol. The Balaban J connectivity index is 1.91. The third-order valence-electron chi connectivity index (χ3n) is 3.01. The lowest BCUT2D eigenvalue weighted by Crippen LogP contribution is -2.16. The third kappa shape index (κ3) is 2.07. The molecule has 1 aromatic carbocycles. The van der Waals surface area contributed by atoms with Crippen LogP contribution in [0.2, 0.25) is 0 Å². The molecule has 0 atom stereocenters. The molecule has 0 aliphatic carbocycles. The molecule has 3 rings (SSSR count). The second-order valence-electron chi connectivity index (χ2n) is 4.49. The maximum absolute atomic E-state index is 12.3. The minimum absolute atomic E-state index is 0.241. The maximum Gasteiger partial charge on any atom is 0.280 e. The van der Waals surface area contributed by atoms with Gasteiger partial charge in [0.25, 0.3) is 5.91 Å². The van der Waals surface area contributed by atoms with Crippen LogP contribution in [-0.2, 0) is 0 Å². The third-order valence-corrected chi connectivity index (χ3v) is 3.01. The first-order valence-corrected chi connectivity index (χ1v) is 6.11. The van der Waals surface area contributed by atoms with Gasteiger partial charge in [-0.25, -0.2) is 0 Å².